The first kappa shape index (κ1) is 7.90. The van der Waals surface area contributed by atoms with Gasteiger partial charge in [-0.2, -0.15) is 4.52 Å². The van der Waals surface area contributed by atoms with Gasteiger partial charge in [0, 0.05) is 0 Å². The normalized spacial score (nSPS) is 10.9. The molecule has 0 saturated carbocycles. The van der Waals surface area contributed by atoms with E-state index < -0.39 is 0 Å². The van der Waals surface area contributed by atoms with Gasteiger partial charge in [0.25, 0.3) is 0 Å². The Kier molecular flexibility index (Phi) is 1.61. The molecule has 13 heavy (non-hydrogen) atoms. The molecular formula is C7H11N5O. The van der Waals surface area contributed by atoms with Crippen LogP contribution in [0, 0.1) is 6.92 Å². The first-order valence-electron chi connectivity index (χ1n) is 4.06. The number of nitrogen functional groups attached to an aromatic ring is 1. The molecule has 0 atom stereocenters. The van der Waals surface area contributed by atoms with Gasteiger partial charge in [0.15, 0.2) is 11.5 Å². The van der Waals surface area contributed by atoms with Crippen LogP contribution in [0.2, 0.25) is 0 Å². The Morgan fingerprint density at radius 3 is 3.08 bits per heavy atom. The maximum absolute atomic E-state index is 5.58. The van der Waals surface area contributed by atoms with Crippen molar-refractivity contribution in [2.45, 2.75) is 13.8 Å². The van der Waals surface area contributed by atoms with Crippen molar-refractivity contribution in [1.82, 2.24) is 19.3 Å². The van der Waals surface area contributed by atoms with Crippen LogP contribution >= 0.6 is 0 Å². The smallest absolute Gasteiger partial charge is 0.223 e. The van der Waals surface area contributed by atoms with E-state index in [2.05, 4.69) is 10.1 Å². The Balaban J connectivity index is 2.64. The van der Waals surface area contributed by atoms with Gasteiger partial charge in [0.2, 0.25) is 5.95 Å². The van der Waals surface area contributed by atoms with Crippen LogP contribution in [0.15, 0.2) is 6.20 Å². The number of nitrogens with two attached hydrogens (primary N) is 1. The molecule has 0 fully saturated rings. The molecule has 70 valence electrons. The maximum atomic E-state index is 5.58. The summed E-state index contributed by atoms with van der Waals surface area (Å²) in [5.74, 6) is 1.13. The van der Waals surface area contributed by atoms with E-state index in [1.165, 1.54) is 0 Å². The molecule has 2 N–H and O–H groups in total. The molecule has 0 radical (unpaired) electrons. The predicted molar refractivity (Wildman–Crippen MR) is 47.2 cm³/mol. The molecule has 6 nitrogen and oxygen atoms in total. The molecule has 0 spiro atoms. The Bertz CT molecular complexity index is 429. The third-order valence-corrected chi connectivity index (χ3v) is 1.75. The first-order chi connectivity index (χ1) is 6.24. The van der Waals surface area contributed by atoms with E-state index in [0.29, 0.717) is 12.6 Å². The lowest BCUT2D eigenvalue weighted by Crippen LogP contribution is -2.11. The van der Waals surface area contributed by atoms with E-state index >= 15 is 0 Å². The Hall–Kier alpha value is -1.72. The number of hydrogen-bond donors (Lipinski definition) is 1. The molecule has 0 aliphatic rings. The summed E-state index contributed by atoms with van der Waals surface area (Å²) in [6, 6.07) is 0. The highest BCUT2D eigenvalue weighted by molar-refractivity contribution is 5.43. The van der Waals surface area contributed by atoms with E-state index in [0.717, 1.165) is 11.5 Å². The Morgan fingerprint density at radius 1 is 1.62 bits per heavy atom. The number of hydrogen-bond acceptors (Lipinski definition) is 4. The molecule has 0 aromatic carbocycles. The predicted octanol–water partition coefficient (Wildman–Crippen LogP) is -0.130. The van der Waals surface area contributed by atoms with Crippen LogP contribution in [0.25, 0.3) is 5.65 Å². The highest BCUT2D eigenvalue weighted by Gasteiger charge is 2.10. The van der Waals surface area contributed by atoms with Gasteiger partial charge >= 0.3 is 0 Å². The second kappa shape index (κ2) is 2.65. The van der Waals surface area contributed by atoms with Gasteiger partial charge in [-0.25, -0.2) is 4.98 Å². The number of anilines is 1. The van der Waals surface area contributed by atoms with E-state index in [9.17, 15) is 0 Å². The molecule has 2 aromatic heterocycles. The van der Waals surface area contributed by atoms with Crippen molar-refractivity contribution >= 4 is 11.6 Å². The highest BCUT2D eigenvalue weighted by Crippen LogP contribution is 2.08. The largest absolute Gasteiger partial charge is 0.411 e. The molecule has 0 aliphatic carbocycles. The molecule has 2 rings (SSSR count). The molecule has 0 aliphatic heterocycles. The van der Waals surface area contributed by atoms with E-state index in [1.54, 1.807) is 15.4 Å². The quantitative estimate of drug-likeness (QED) is 0.700. The summed E-state index contributed by atoms with van der Waals surface area (Å²) in [6.45, 7) is 4.34. The summed E-state index contributed by atoms with van der Waals surface area (Å²) in [7, 11) is 0. The van der Waals surface area contributed by atoms with Gasteiger partial charge in [-0.1, -0.05) is 0 Å². The van der Waals surface area contributed by atoms with Gasteiger partial charge in [-0.05, 0) is 13.8 Å². The maximum Gasteiger partial charge on any atom is 0.223 e. The molecule has 0 unspecified atom stereocenters. The van der Waals surface area contributed by atoms with Crippen molar-refractivity contribution in [3.8, 4) is 0 Å². The van der Waals surface area contributed by atoms with E-state index in [1.807, 2.05) is 13.8 Å². The number of aryl methyl sites for hydroxylation is 1. The van der Waals surface area contributed by atoms with Crippen LogP contribution in [0.4, 0.5) is 5.95 Å². The zero-order chi connectivity index (χ0) is 9.42. The molecule has 0 amide bonds. The third-order valence-electron chi connectivity index (χ3n) is 1.75. The molecule has 2 heterocycles. The summed E-state index contributed by atoms with van der Waals surface area (Å²) >= 11 is 0. The van der Waals surface area contributed by atoms with Crippen molar-refractivity contribution in [2.75, 3.05) is 12.3 Å². The van der Waals surface area contributed by atoms with E-state index in [4.69, 9.17) is 10.6 Å². The number of imidazole rings is 1. The number of aromatic nitrogens is 4. The Morgan fingerprint density at radius 2 is 2.38 bits per heavy atom. The number of nitrogens with zero attached hydrogens (tertiary/aromatic N) is 4. The fourth-order valence-electron chi connectivity index (χ4n) is 1.23. The zero-order valence-electron chi connectivity index (χ0n) is 7.56. The minimum absolute atomic E-state index is 0.372. The molecular weight excluding hydrogens is 170 g/mol. The van der Waals surface area contributed by atoms with Crippen LogP contribution < -0.4 is 10.6 Å². The van der Waals surface area contributed by atoms with Crippen LogP contribution in [0.3, 0.4) is 0 Å². The van der Waals surface area contributed by atoms with Crippen molar-refractivity contribution < 1.29 is 4.84 Å². The fourth-order valence-corrected chi connectivity index (χ4v) is 1.23. The standard InChI is InChI=1S/C7H11N5O/c1-3-13-12-5(2)10-11-6(12)4-9-7(11)8/h4H,3H2,1-2H3,(H2,8,9). The average molecular weight is 181 g/mol. The molecule has 0 saturated heterocycles. The summed E-state index contributed by atoms with van der Waals surface area (Å²) in [6.07, 6.45) is 1.63. The lowest BCUT2D eigenvalue weighted by atomic mass is 10.7. The minimum atomic E-state index is 0.372. The minimum Gasteiger partial charge on any atom is -0.411 e. The third kappa shape index (κ3) is 1.02. The second-order valence-electron chi connectivity index (χ2n) is 2.65. The van der Waals surface area contributed by atoms with Crippen molar-refractivity contribution in [1.29, 1.82) is 0 Å². The van der Waals surface area contributed by atoms with Gasteiger partial charge < -0.3 is 10.6 Å². The number of rotatable bonds is 2. The highest BCUT2D eigenvalue weighted by atomic mass is 16.7. The topological polar surface area (TPSA) is 70.4 Å². The van der Waals surface area contributed by atoms with Gasteiger partial charge in [-0.15, -0.1) is 9.83 Å². The molecule has 0 bridgehead atoms. The zero-order valence-corrected chi connectivity index (χ0v) is 7.56. The molecule has 6 heteroatoms. The first-order valence-corrected chi connectivity index (χ1v) is 4.06. The summed E-state index contributed by atoms with van der Waals surface area (Å²) < 4.78 is 3.16. The molecule has 2 aromatic rings. The van der Waals surface area contributed by atoms with Crippen molar-refractivity contribution in [3.05, 3.63) is 12.0 Å². The fraction of sp³-hybridized carbons (Fsp3) is 0.429. The van der Waals surface area contributed by atoms with Crippen LogP contribution in [0.1, 0.15) is 12.7 Å². The van der Waals surface area contributed by atoms with Gasteiger partial charge in [0.05, 0.1) is 6.20 Å². The Labute approximate surface area is 74.9 Å². The van der Waals surface area contributed by atoms with Crippen LogP contribution in [-0.4, -0.2) is 25.9 Å². The van der Waals surface area contributed by atoms with Gasteiger partial charge in [-0.3, -0.25) is 0 Å². The van der Waals surface area contributed by atoms with Crippen molar-refractivity contribution in [3.63, 3.8) is 0 Å². The van der Waals surface area contributed by atoms with Gasteiger partial charge in [0.1, 0.15) is 6.61 Å². The average Bonchev–Trinajstić information content (AvgIpc) is 2.58. The number of fused-ring (bicyclic) bond motifs is 1. The monoisotopic (exact) mass is 181 g/mol. The lowest BCUT2D eigenvalue weighted by Gasteiger charge is -2.02. The summed E-state index contributed by atoms with van der Waals surface area (Å²) in [4.78, 5) is 9.26. The lowest BCUT2D eigenvalue weighted by molar-refractivity contribution is 0.125. The van der Waals surface area contributed by atoms with E-state index in [-0.39, 0.29) is 0 Å². The second-order valence-corrected chi connectivity index (χ2v) is 2.65. The van der Waals surface area contributed by atoms with Crippen LogP contribution in [-0.2, 0) is 0 Å². The summed E-state index contributed by atoms with van der Waals surface area (Å²) in [5, 5.41) is 4.16. The van der Waals surface area contributed by atoms with Crippen molar-refractivity contribution in [2.24, 2.45) is 0 Å². The summed E-state index contributed by atoms with van der Waals surface area (Å²) in [5.41, 5.74) is 6.32. The SMILES string of the molecule is CCOn1c(C)nn2c(N)ncc12. The van der Waals surface area contributed by atoms with Crippen LogP contribution in [0.5, 0.6) is 0 Å².